The normalized spacial score (nSPS) is 12.5. The summed E-state index contributed by atoms with van der Waals surface area (Å²) in [7, 11) is -3.71. The van der Waals surface area contributed by atoms with Gasteiger partial charge in [0.1, 0.15) is 11.9 Å². The highest BCUT2D eigenvalue weighted by Crippen LogP contribution is 2.21. The van der Waals surface area contributed by atoms with E-state index in [0.29, 0.717) is 6.54 Å². The number of benzene rings is 2. The minimum absolute atomic E-state index is 0.238. The van der Waals surface area contributed by atoms with Gasteiger partial charge in [0, 0.05) is 6.54 Å². The Hall–Kier alpha value is -2.41. The van der Waals surface area contributed by atoms with Crippen molar-refractivity contribution in [3.63, 3.8) is 0 Å². The molecule has 134 valence electrons. The van der Waals surface area contributed by atoms with E-state index in [-0.39, 0.29) is 5.69 Å². The van der Waals surface area contributed by atoms with Gasteiger partial charge in [-0.15, -0.1) is 0 Å². The van der Waals surface area contributed by atoms with Crippen molar-refractivity contribution in [3.8, 4) is 0 Å². The molecule has 0 saturated carbocycles. The van der Waals surface area contributed by atoms with Crippen molar-refractivity contribution in [1.82, 2.24) is 5.32 Å². The van der Waals surface area contributed by atoms with Gasteiger partial charge in [0.15, 0.2) is 0 Å². The highest BCUT2D eigenvalue weighted by molar-refractivity contribution is 7.92. The number of halogens is 1. The second kappa shape index (κ2) is 7.65. The quantitative estimate of drug-likeness (QED) is 0.857. The smallest absolute Gasteiger partial charge is 0.243 e. The predicted octanol–water partition coefficient (Wildman–Crippen LogP) is 2.61. The topological polar surface area (TPSA) is 66.5 Å². The molecule has 2 rings (SSSR count). The zero-order valence-corrected chi connectivity index (χ0v) is 15.2. The van der Waals surface area contributed by atoms with E-state index in [4.69, 9.17) is 0 Å². The number of rotatable bonds is 6. The molecule has 5 nitrogen and oxygen atoms in total. The lowest BCUT2D eigenvalue weighted by molar-refractivity contribution is -0.122. The molecule has 0 radical (unpaired) electrons. The molecule has 0 aliphatic heterocycles. The van der Waals surface area contributed by atoms with Gasteiger partial charge >= 0.3 is 0 Å². The largest absolute Gasteiger partial charge is 0.350 e. The summed E-state index contributed by atoms with van der Waals surface area (Å²) in [6.07, 6.45) is 1.01. The van der Waals surface area contributed by atoms with Crippen LogP contribution in [-0.4, -0.2) is 26.6 Å². The van der Waals surface area contributed by atoms with Crippen molar-refractivity contribution in [3.05, 3.63) is 65.5 Å². The number of nitrogens with one attached hydrogen (secondary N) is 1. The Labute approximate surface area is 147 Å². The van der Waals surface area contributed by atoms with Crippen LogP contribution in [0.3, 0.4) is 0 Å². The maximum atomic E-state index is 13.1. The monoisotopic (exact) mass is 364 g/mol. The average Bonchev–Trinajstić information content (AvgIpc) is 2.54. The molecule has 0 aliphatic carbocycles. The summed E-state index contributed by atoms with van der Waals surface area (Å²) in [4.78, 5) is 12.4. The molecule has 7 heteroatoms. The fourth-order valence-electron chi connectivity index (χ4n) is 2.44. The highest BCUT2D eigenvalue weighted by atomic mass is 32.2. The first-order chi connectivity index (χ1) is 11.7. The van der Waals surface area contributed by atoms with Crippen molar-refractivity contribution in [2.75, 3.05) is 10.6 Å². The van der Waals surface area contributed by atoms with Crippen molar-refractivity contribution >= 4 is 21.6 Å². The number of aryl methyl sites for hydroxylation is 1. The van der Waals surface area contributed by atoms with Crippen LogP contribution in [0, 0.1) is 12.7 Å². The molecule has 1 atom stereocenters. The number of nitrogens with zero attached hydrogens (tertiary/aromatic N) is 1. The van der Waals surface area contributed by atoms with Crippen LogP contribution in [0.4, 0.5) is 10.1 Å². The number of carbonyl (C=O) groups is 1. The van der Waals surface area contributed by atoms with E-state index in [2.05, 4.69) is 5.32 Å². The van der Waals surface area contributed by atoms with Crippen molar-refractivity contribution in [1.29, 1.82) is 0 Å². The molecule has 1 unspecified atom stereocenters. The van der Waals surface area contributed by atoms with Crippen molar-refractivity contribution in [2.45, 2.75) is 26.4 Å². The molecule has 0 spiro atoms. The maximum absolute atomic E-state index is 13.1. The van der Waals surface area contributed by atoms with Gasteiger partial charge in [0.25, 0.3) is 0 Å². The number of hydrogen-bond donors (Lipinski definition) is 1. The molecule has 0 aliphatic rings. The molecule has 1 N–H and O–H groups in total. The number of anilines is 1. The average molecular weight is 364 g/mol. The molecule has 2 aromatic rings. The number of sulfonamides is 1. The third-order valence-corrected chi connectivity index (χ3v) is 5.00. The Morgan fingerprint density at radius 3 is 2.20 bits per heavy atom. The minimum Gasteiger partial charge on any atom is -0.350 e. The third kappa shape index (κ3) is 5.03. The lowest BCUT2D eigenvalue weighted by atomic mass is 10.1. The van der Waals surface area contributed by atoms with E-state index < -0.39 is 27.8 Å². The molecular formula is C18H21FN2O3S. The first-order valence-corrected chi connectivity index (χ1v) is 9.61. The zero-order valence-electron chi connectivity index (χ0n) is 14.4. The van der Waals surface area contributed by atoms with Crippen LogP contribution in [0.1, 0.15) is 18.1 Å². The SMILES string of the molecule is Cc1ccc(CNC(=O)C(C)N(c2ccc(F)cc2)S(C)(=O)=O)cc1. The Balaban J connectivity index is 2.15. The summed E-state index contributed by atoms with van der Waals surface area (Å²) in [5.74, 6) is -0.913. The lowest BCUT2D eigenvalue weighted by Crippen LogP contribution is -2.47. The summed E-state index contributed by atoms with van der Waals surface area (Å²) < 4.78 is 38.3. The number of hydrogen-bond acceptors (Lipinski definition) is 3. The van der Waals surface area contributed by atoms with Gasteiger partial charge in [0.05, 0.1) is 11.9 Å². The van der Waals surface area contributed by atoms with Crippen molar-refractivity contribution in [2.24, 2.45) is 0 Å². The predicted molar refractivity (Wildman–Crippen MR) is 96.2 cm³/mol. The second-order valence-corrected chi connectivity index (χ2v) is 7.77. The van der Waals surface area contributed by atoms with Crippen LogP contribution in [-0.2, 0) is 21.4 Å². The maximum Gasteiger partial charge on any atom is 0.243 e. The minimum atomic E-state index is -3.71. The fourth-order valence-corrected chi connectivity index (χ4v) is 3.61. The van der Waals surface area contributed by atoms with Crippen LogP contribution in [0.5, 0.6) is 0 Å². The van der Waals surface area contributed by atoms with Gasteiger partial charge in [-0.05, 0) is 43.7 Å². The lowest BCUT2D eigenvalue weighted by Gasteiger charge is -2.28. The van der Waals surface area contributed by atoms with Gasteiger partial charge in [0.2, 0.25) is 15.9 Å². The number of amides is 1. The standard InChI is InChI=1S/C18H21FN2O3S/c1-13-4-6-15(7-5-13)12-20-18(22)14(2)21(25(3,23)24)17-10-8-16(19)9-11-17/h4-11,14H,12H2,1-3H3,(H,20,22). The van der Waals surface area contributed by atoms with Crippen molar-refractivity contribution < 1.29 is 17.6 Å². The molecular weight excluding hydrogens is 343 g/mol. The Morgan fingerprint density at radius 2 is 1.68 bits per heavy atom. The molecule has 0 aromatic heterocycles. The van der Waals surface area contributed by atoms with E-state index >= 15 is 0 Å². The Bertz CT molecular complexity index is 834. The summed E-state index contributed by atoms with van der Waals surface area (Å²) in [6, 6.07) is 11.7. The summed E-state index contributed by atoms with van der Waals surface area (Å²) in [5, 5.41) is 2.73. The molecule has 0 bridgehead atoms. The first kappa shape index (κ1) is 18.9. The van der Waals surface area contributed by atoms with E-state index in [1.807, 2.05) is 31.2 Å². The fraction of sp³-hybridized carbons (Fsp3) is 0.278. The van der Waals surface area contributed by atoms with E-state index in [9.17, 15) is 17.6 Å². The number of carbonyl (C=O) groups excluding carboxylic acids is 1. The third-order valence-electron chi connectivity index (χ3n) is 3.76. The zero-order chi connectivity index (χ0) is 18.6. The van der Waals surface area contributed by atoms with Crippen LogP contribution in [0.2, 0.25) is 0 Å². The van der Waals surface area contributed by atoms with Crippen LogP contribution in [0.25, 0.3) is 0 Å². The van der Waals surface area contributed by atoms with E-state index in [0.717, 1.165) is 33.8 Å². The molecule has 0 saturated heterocycles. The summed E-state index contributed by atoms with van der Waals surface area (Å²) >= 11 is 0. The molecule has 0 heterocycles. The van der Waals surface area contributed by atoms with Crippen LogP contribution in [0.15, 0.2) is 48.5 Å². The second-order valence-electron chi connectivity index (χ2n) is 5.91. The van der Waals surface area contributed by atoms with Crippen LogP contribution >= 0.6 is 0 Å². The molecule has 25 heavy (non-hydrogen) atoms. The summed E-state index contributed by atoms with van der Waals surface area (Å²) in [6.45, 7) is 3.76. The highest BCUT2D eigenvalue weighted by Gasteiger charge is 2.28. The Morgan fingerprint density at radius 1 is 1.12 bits per heavy atom. The summed E-state index contributed by atoms with van der Waals surface area (Å²) in [5.41, 5.74) is 2.27. The van der Waals surface area contributed by atoms with Gasteiger partial charge < -0.3 is 5.32 Å². The van der Waals surface area contributed by atoms with E-state index in [1.165, 1.54) is 19.1 Å². The van der Waals surface area contributed by atoms with Gasteiger partial charge in [-0.25, -0.2) is 12.8 Å². The first-order valence-electron chi connectivity index (χ1n) is 7.76. The van der Waals surface area contributed by atoms with E-state index in [1.54, 1.807) is 0 Å². The van der Waals surface area contributed by atoms with Crippen LogP contribution < -0.4 is 9.62 Å². The Kier molecular flexibility index (Phi) is 5.79. The van der Waals surface area contributed by atoms with Gasteiger partial charge in [-0.3, -0.25) is 9.10 Å². The molecule has 1 amide bonds. The molecule has 2 aromatic carbocycles. The molecule has 0 fully saturated rings. The van der Waals surface area contributed by atoms with Gasteiger partial charge in [-0.1, -0.05) is 29.8 Å². The van der Waals surface area contributed by atoms with Gasteiger partial charge in [-0.2, -0.15) is 0 Å².